The zero-order valence-corrected chi connectivity index (χ0v) is 10.8. The maximum Gasteiger partial charge on any atom is 0.262 e. The maximum absolute atomic E-state index is 11.9. The van der Waals surface area contributed by atoms with E-state index in [1.54, 1.807) is 24.5 Å². The Hall–Kier alpha value is -2.87. The lowest BCUT2D eigenvalue weighted by atomic mass is 10.2. The molecule has 0 aromatic carbocycles. The molecule has 1 amide bonds. The largest absolute Gasteiger partial charge is 0.362 e. The summed E-state index contributed by atoms with van der Waals surface area (Å²) in [6.07, 6.45) is 5.60. The van der Waals surface area contributed by atoms with Gasteiger partial charge in [0.25, 0.3) is 5.91 Å². The summed E-state index contributed by atoms with van der Waals surface area (Å²) in [4.78, 5) is 18.9. The van der Waals surface area contributed by atoms with Gasteiger partial charge >= 0.3 is 0 Å². The lowest BCUT2D eigenvalue weighted by molar-refractivity contribution is -0.117. The molecule has 0 bridgehead atoms. The van der Waals surface area contributed by atoms with Crippen molar-refractivity contribution in [2.75, 3.05) is 6.54 Å². The van der Waals surface area contributed by atoms with Gasteiger partial charge in [-0.1, -0.05) is 6.07 Å². The summed E-state index contributed by atoms with van der Waals surface area (Å²) >= 11 is 0. The number of hydrogen-bond donors (Lipinski definition) is 2. The Morgan fingerprint density at radius 3 is 2.95 bits per heavy atom. The minimum atomic E-state index is -0.377. The molecule has 2 aromatic heterocycles. The van der Waals surface area contributed by atoms with Gasteiger partial charge in [-0.05, 0) is 30.3 Å². The van der Waals surface area contributed by atoms with Gasteiger partial charge in [-0.15, -0.1) is 0 Å². The van der Waals surface area contributed by atoms with E-state index in [-0.39, 0.29) is 11.5 Å². The monoisotopic (exact) mass is 266 g/mol. The van der Waals surface area contributed by atoms with E-state index in [4.69, 9.17) is 5.26 Å². The first-order chi connectivity index (χ1) is 9.79. The zero-order valence-electron chi connectivity index (χ0n) is 10.8. The molecule has 0 aliphatic rings. The molecule has 2 rings (SSSR count). The van der Waals surface area contributed by atoms with Crippen LogP contribution in [0, 0.1) is 11.3 Å². The van der Waals surface area contributed by atoms with Crippen LogP contribution in [0.2, 0.25) is 0 Å². The van der Waals surface area contributed by atoms with E-state index >= 15 is 0 Å². The van der Waals surface area contributed by atoms with Gasteiger partial charge in [0.15, 0.2) is 0 Å². The van der Waals surface area contributed by atoms with Crippen molar-refractivity contribution in [3.05, 3.63) is 59.7 Å². The Kier molecular flexibility index (Phi) is 4.68. The molecule has 2 aromatic rings. The molecule has 0 radical (unpaired) electrons. The van der Waals surface area contributed by atoms with Crippen LogP contribution in [0.5, 0.6) is 0 Å². The molecule has 0 fully saturated rings. The summed E-state index contributed by atoms with van der Waals surface area (Å²) in [6.45, 7) is 0.444. The number of nitrogens with one attached hydrogen (secondary N) is 2. The minimum Gasteiger partial charge on any atom is -0.362 e. The molecular weight excluding hydrogens is 252 g/mol. The van der Waals surface area contributed by atoms with E-state index in [1.807, 2.05) is 24.3 Å². The van der Waals surface area contributed by atoms with Crippen molar-refractivity contribution in [2.45, 2.75) is 6.42 Å². The van der Waals surface area contributed by atoms with E-state index in [0.717, 1.165) is 11.4 Å². The molecule has 2 heterocycles. The molecule has 0 saturated heterocycles. The molecule has 0 unspecified atom stereocenters. The van der Waals surface area contributed by atoms with Crippen molar-refractivity contribution in [3.8, 4) is 6.07 Å². The normalized spacial score (nSPS) is 10.8. The second-order valence-corrected chi connectivity index (χ2v) is 4.12. The highest BCUT2D eigenvalue weighted by Crippen LogP contribution is 2.03. The average molecular weight is 266 g/mol. The molecule has 0 aliphatic heterocycles. The molecule has 0 aliphatic carbocycles. The molecule has 20 heavy (non-hydrogen) atoms. The summed E-state index contributed by atoms with van der Waals surface area (Å²) in [5.74, 6) is -0.377. The topological polar surface area (TPSA) is 81.6 Å². The molecule has 5 heteroatoms. The number of nitriles is 1. The Bertz CT molecular complexity index is 624. The maximum atomic E-state index is 11.9. The first kappa shape index (κ1) is 13.6. The van der Waals surface area contributed by atoms with Crippen LogP contribution in [0.25, 0.3) is 6.08 Å². The average Bonchev–Trinajstić information content (AvgIpc) is 2.98. The number of aromatic nitrogens is 2. The Morgan fingerprint density at radius 2 is 2.30 bits per heavy atom. The zero-order chi connectivity index (χ0) is 14.2. The molecule has 2 N–H and O–H groups in total. The molecule has 5 nitrogen and oxygen atoms in total. The highest BCUT2D eigenvalue weighted by molar-refractivity contribution is 6.01. The highest BCUT2D eigenvalue weighted by Gasteiger charge is 2.08. The summed E-state index contributed by atoms with van der Waals surface area (Å²) in [7, 11) is 0. The van der Waals surface area contributed by atoms with Crippen LogP contribution in [0.1, 0.15) is 11.4 Å². The predicted molar refractivity (Wildman–Crippen MR) is 75.3 cm³/mol. The first-order valence-electron chi connectivity index (χ1n) is 6.23. The van der Waals surface area contributed by atoms with Crippen LogP contribution in [0.3, 0.4) is 0 Å². The standard InChI is InChI=1S/C15H14N4O/c16-11-12(10-14-5-3-8-18-14)15(20)19-9-6-13-4-1-2-7-17-13/h1-5,7-8,10,18H,6,9H2,(H,19,20). The Morgan fingerprint density at radius 1 is 1.40 bits per heavy atom. The predicted octanol–water partition coefficient (Wildman–Crippen LogP) is 1.68. The van der Waals surface area contributed by atoms with Gasteiger partial charge in [-0.25, -0.2) is 0 Å². The van der Waals surface area contributed by atoms with Crippen LogP contribution >= 0.6 is 0 Å². The van der Waals surface area contributed by atoms with E-state index in [2.05, 4.69) is 15.3 Å². The number of carbonyl (C=O) groups is 1. The SMILES string of the molecule is N#CC(=Cc1ccc[nH]1)C(=O)NCCc1ccccn1. The summed E-state index contributed by atoms with van der Waals surface area (Å²) in [6, 6.07) is 11.1. The third kappa shape index (κ3) is 3.82. The third-order valence-corrected chi connectivity index (χ3v) is 2.68. The number of rotatable bonds is 5. The van der Waals surface area contributed by atoms with Crippen LogP contribution in [-0.4, -0.2) is 22.4 Å². The van der Waals surface area contributed by atoms with Gasteiger partial charge < -0.3 is 10.3 Å². The fourth-order valence-corrected chi connectivity index (χ4v) is 1.68. The lowest BCUT2D eigenvalue weighted by Crippen LogP contribution is -2.26. The Balaban J connectivity index is 1.89. The van der Waals surface area contributed by atoms with Gasteiger partial charge in [0.1, 0.15) is 11.6 Å². The van der Waals surface area contributed by atoms with Crippen molar-refractivity contribution < 1.29 is 4.79 Å². The third-order valence-electron chi connectivity index (χ3n) is 2.68. The van der Waals surface area contributed by atoms with E-state index in [9.17, 15) is 4.79 Å². The summed E-state index contributed by atoms with van der Waals surface area (Å²) < 4.78 is 0. The minimum absolute atomic E-state index is 0.0773. The second-order valence-electron chi connectivity index (χ2n) is 4.12. The quantitative estimate of drug-likeness (QED) is 0.638. The smallest absolute Gasteiger partial charge is 0.262 e. The number of carbonyl (C=O) groups excluding carboxylic acids is 1. The van der Waals surface area contributed by atoms with Gasteiger partial charge in [0.05, 0.1) is 0 Å². The van der Waals surface area contributed by atoms with Gasteiger partial charge in [-0.2, -0.15) is 5.26 Å². The van der Waals surface area contributed by atoms with Crippen molar-refractivity contribution >= 4 is 12.0 Å². The highest BCUT2D eigenvalue weighted by atomic mass is 16.1. The fourth-order valence-electron chi connectivity index (χ4n) is 1.68. The van der Waals surface area contributed by atoms with Gasteiger partial charge in [0, 0.05) is 36.7 Å². The van der Waals surface area contributed by atoms with E-state index in [1.165, 1.54) is 6.08 Å². The molecule has 0 saturated carbocycles. The Labute approximate surface area is 117 Å². The number of nitrogens with zero attached hydrogens (tertiary/aromatic N) is 2. The summed E-state index contributed by atoms with van der Waals surface area (Å²) in [5.41, 5.74) is 1.70. The molecule has 0 atom stereocenters. The van der Waals surface area contributed by atoms with Crippen molar-refractivity contribution in [3.63, 3.8) is 0 Å². The second kappa shape index (κ2) is 6.90. The molecular formula is C15H14N4O. The number of amides is 1. The van der Waals surface area contributed by atoms with Crippen molar-refractivity contribution in [2.24, 2.45) is 0 Å². The van der Waals surface area contributed by atoms with Crippen molar-refractivity contribution in [1.82, 2.24) is 15.3 Å². The number of pyridine rings is 1. The van der Waals surface area contributed by atoms with E-state index < -0.39 is 0 Å². The first-order valence-corrected chi connectivity index (χ1v) is 6.23. The molecule has 100 valence electrons. The van der Waals surface area contributed by atoms with Crippen molar-refractivity contribution in [1.29, 1.82) is 5.26 Å². The van der Waals surface area contributed by atoms with Crippen LogP contribution in [0.4, 0.5) is 0 Å². The number of aromatic amines is 1. The number of hydrogen-bond acceptors (Lipinski definition) is 3. The lowest BCUT2D eigenvalue weighted by Gasteiger charge is -2.03. The van der Waals surface area contributed by atoms with Gasteiger partial charge in [-0.3, -0.25) is 9.78 Å². The fraction of sp³-hybridized carbons (Fsp3) is 0.133. The van der Waals surface area contributed by atoms with Crippen LogP contribution in [0.15, 0.2) is 48.3 Å². The van der Waals surface area contributed by atoms with Crippen LogP contribution < -0.4 is 5.32 Å². The summed E-state index contributed by atoms with van der Waals surface area (Å²) in [5, 5.41) is 11.7. The number of H-pyrrole nitrogens is 1. The molecule has 0 spiro atoms. The van der Waals surface area contributed by atoms with Gasteiger partial charge in [0.2, 0.25) is 0 Å². The van der Waals surface area contributed by atoms with Crippen LogP contribution in [-0.2, 0) is 11.2 Å². The van der Waals surface area contributed by atoms with E-state index in [0.29, 0.717) is 13.0 Å².